The zero-order chi connectivity index (χ0) is 12.0. The van der Waals surface area contributed by atoms with Gasteiger partial charge < -0.3 is 14.8 Å². The molecular weight excluding hydrogens is 214 g/mol. The summed E-state index contributed by atoms with van der Waals surface area (Å²) in [5.74, 6) is -1.55. The molecule has 0 spiro atoms. The van der Waals surface area contributed by atoms with Crippen LogP contribution in [0.4, 0.5) is 10.8 Å². The number of carbonyl (C=O) groups is 2. The molecule has 0 bridgehead atoms. The predicted molar refractivity (Wildman–Crippen MR) is 55.4 cm³/mol. The molecule has 7 nitrogen and oxygen atoms in total. The Bertz CT molecular complexity index is 375. The second-order valence-electron chi connectivity index (χ2n) is 3.07. The Morgan fingerprint density at radius 2 is 2.31 bits per heavy atom. The number of urea groups is 1. The molecule has 0 aromatic carbocycles. The third-order valence-corrected chi connectivity index (χ3v) is 1.75. The summed E-state index contributed by atoms with van der Waals surface area (Å²) >= 11 is 0. The van der Waals surface area contributed by atoms with Crippen LogP contribution in [0.25, 0.3) is 0 Å². The van der Waals surface area contributed by atoms with E-state index in [0.29, 0.717) is 6.54 Å². The second-order valence-corrected chi connectivity index (χ2v) is 3.07. The molecule has 16 heavy (non-hydrogen) atoms. The summed E-state index contributed by atoms with van der Waals surface area (Å²) < 4.78 is 4.74. The number of oxazole rings is 1. The molecule has 0 unspecified atom stereocenters. The van der Waals surface area contributed by atoms with Crippen molar-refractivity contribution in [3.63, 3.8) is 0 Å². The van der Waals surface area contributed by atoms with Crippen molar-refractivity contribution in [1.82, 2.24) is 10.3 Å². The molecule has 2 amide bonds. The first-order valence-electron chi connectivity index (χ1n) is 4.87. The highest BCUT2D eigenvalue weighted by molar-refractivity contribution is 5.88. The lowest BCUT2D eigenvalue weighted by molar-refractivity contribution is 0.0663. The summed E-state index contributed by atoms with van der Waals surface area (Å²) in [5.41, 5.74) is 0. The van der Waals surface area contributed by atoms with E-state index in [9.17, 15) is 9.59 Å². The van der Waals surface area contributed by atoms with Gasteiger partial charge in [0.15, 0.2) is 0 Å². The topological polar surface area (TPSA) is 104 Å². The molecule has 0 saturated carbocycles. The largest absolute Gasteiger partial charge is 0.475 e. The maximum atomic E-state index is 11.2. The number of aromatic carboxylic acids is 1. The van der Waals surface area contributed by atoms with Gasteiger partial charge in [0.25, 0.3) is 0 Å². The lowest BCUT2D eigenvalue weighted by atomic mass is 10.3. The molecular formula is C9H13N3O4. The molecule has 0 aliphatic rings. The van der Waals surface area contributed by atoms with Crippen LogP contribution in [0, 0.1) is 0 Å². The number of hydrogen-bond donors (Lipinski definition) is 3. The monoisotopic (exact) mass is 227 g/mol. The van der Waals surface area contributed by atoms with Crippen molar-refractivity contribution < 1.29 is 19.1 Å². The predicted octanol–water partition coefficient (Wildman–Crippen LogP) is 1.29. The highest BCUT2D eigenvalue weighted by atomic mass is 16.4. The van der Waals surface area contributed by atoms with Crippen LogP contribution >= 0.6 is 0 Å². The van der Waals surface area contributed by atoms with Crippen molar-refractivity contribution in [2.75, 3.05) is 11.9 Å². The first-order valence-corrected chi connectivity index (χ1v) is 4.87. The Kier molecular flexibility index (Phi) is 4.31. The van der Waals surface area contributed by atoms with Gasteiger partial charge >= 0.3 is 18.0 Å². The molecule has 0 atom stereocenters. The Labute approximate surface area is 91.9 Å². The molecule has 7 heteroatoms. The van der Waals surface area contributed by atoms with Crippen molar-refractivity contribution in [2.24, 2.45) is 0 Å². The van der Waals surface area contributed by atoms with Crippen LogP contribution in [0.1, 0.15) is 30.3 Å². The quantitative estimate of drug-likeness (QED) is 0.657. The highest BCUT2D eigenvalue weighted by Crippen LogP contribution is 2.07. The van der Waals surface area contributed by atoms with Crippen LogP contribution in [0.2, 0.25) is 0 Å². The van der Waals surface area contributed by atoms with Gasteiger partial charge in [-0.25, -0.2) is 14.6 Å². The number of aromatic nitrogens is 1. The number of anilines is 1. The number of carboxylic acids is 1. The van der Waals surface area contributed by atoms with Crippen molar-refractivity contribution in [3.8, 4) is 0 Å². The summed E-state index contributed by atoms with van der Waals surface area (Å²) in [6, 6.07) is -0.598. The smallest absolute Gasteiger partial charge is 0.373 e. The molecule has 1 heterocycles. The fourth-order valence-electron chi connectivity index (χ4n) is 0.951. The highest BCUT2D eigenvalue weighted by Gasteiger charge is 2.11. The Hall–Kier alpha value is -2.05. The van der Waals surface area contributed by atoms with Gasteiger partial charge in [0.2, 0.25) is 5.76 Å². The summed E-state index contributed by atoms with van der Waals surface area (Å²) in [6.07, 6.45) is 2.88. The van der Waals surface area contributed by atoms with Gasteiger partial charge in [0, 0.05) is 6.54 Å². The third kappa shape index (κ3) is 3.60. The fourth-order valence-corrected chi connectivity index (χ4v) is 0.951. The summed E-state index contributed by atoms with van der Waals surface area (Å²) in [7, 11) is 0. The third-order valence-electron chi connectivity index (χ3n) is 1.75. The Morgan fingerprint density at radius 3 is 2.88 bits per heavy atom. The maximum absolute atomic E-state index is 11.2. The molecule has 3 N–H and O–H groups in total. The van der Waals surface area contributed by atoms with E-state index in [0.717, 1.165) is 19.0 Å². The van der Waals surface area contributed by atoms with E-state index in [1.807, 2.05) is 6.92 Å². The average molecular weight is 227 g/mol. The van der Waals surface area contributed by atoms with Crippen molar-refractivity contribution in [3.05, 3.63) is 12.0 Å². The second kappa shape index (κ2) is 5.74. The van der Waals surface area contributed by atoms with E-state index in [1.165, 1.54) is 0 Å². The maximum Gasteiger partial charge on any atom is 0.373 e. The first-order chi connectivity index (χ1) is 7.63. The molecule has 0 radical (unpaired) electrons. The minimum absolute atomic E-state index is 0.133. The minimum Gasteiger partial charge on any atom is -0.475 e. The van der Waals surface area contributed by atoms with Crippen molar-refractivity contribution in [1.29, 1.82) is 0 Å². The van der Waals surface area contributed by atoms with Crippen LogP contribution in [0.5, 0.6) is 0 Å². The molecule has 0 fully saturated rings. The lowest BCUT2D eigenvalue weighted by Crippen LogP contribution is -2.29. The number of nitrogens with zero attached hydrogens (tertiary/aromatic N) is 1. The van der Waals surface area contributed by atoms with E-state index in [1.54, 1.807) is 0 Å². The minimum atomic E-state index is -1.23. The van der Waals surface area contributed by atoms with Crippen LogP contribution in [-0.2, 0) is 0 Å². The van der Waals surface area contributed by atoms with Gasteiger partial charge in [-0.1, -0.05) is 13.3 Å². The molecule has 1 aromatic rings. The van der Waals surface area contributed by atoms with Gasteiger partial charge in [-0.15, -0.1) is 0 Å². The van der Waals surface area contributed by atoms with Gasteiger partial charge in [0.1, 0.15) is 0 Å². The molecule has 0 saturated heterocycles. The van der Waals surface area contributed by atoms with Crippen LogP contribution in [0.3, 0.4) is 0 Å². The van der Waals surface area contributed by atoms with Crippen molar-refractivity contribution >= 4 is 18.0 Å². The number of nitrogens with one attached hydrogen (secondary N) is 2. The number of hydrogen-bond acceptors (Lipinski definition) is 4. The lowest BCUT2D eigenvalue weighted by Gasteiger charge is -2.02. The SMILES string of the molecule is CCCCNC(=O)Nc1ncc(C(=O)O)o1. The van der Waals surface area contributed by atoms with E-state index >= 15 is 0 Å². The van der Waals surface area contributed by atoms with Crippen LogP contribution in [0.15, 0.2) is 10.6 Å². The summed E-state index contributed by atoms with van der Waals surface area (Å²) in [6.45, 7) is 2.56. The molecule has 88 valence electrons. The van der Waals surface area contributed by atoms with E-state index in [4.69, 9.17) is 9.52 Å². The van der Waals surface area contributed by atoms with E-state index in [-0.39, 0.29) is 11.8 Å². The zero-order valence-corrected chi connectivity index (χ0v) is 8.82. The normalized spacial score (nSPS) is 9.81. The van der Waals surface area contributed by atoms with Gasteiger partial charge in [-0.2, -0.15) is 0 Å². The molecule has 1 rings (SSSR count). The van der Waals surface area contributed by atoms with Crippen molar-refractivity contribution in [2.45, 2.75) is 19.8 Å². The zero-order valence-electron chi connectivity index (χ0n) is 8.82. The van der Waals surface area contributed by atoms with Gasteiger partial charge in [0.05, 0.1) is 6.20 Å². The Balaban J connectivity index is 2.40. The number of rotatable bonds is 5. The molecule has 1 aromatic heterocycles. The standard InChI is InChI=1S/C9H13N3O4/c1-2-3-4-10-8(15)12-9-11-5-6(16-9)7(13)14/h5H,2-4H2,1H3,(H,13,14)(H2,10,11,12,15). The van der Waals surface area contributed by atoms with E-state index in [2.05, 4.69) is 15.6 Å². The van der Waals surface area contributed by atoms with E-state index < -0.39 is 12.0 Å². The van der Waals surface area contributed by atoms with Gasteiger partial charge in [-0.05, 0) is 6.42 Å². The number of carboxylic acid groups (broad SMARTS) is 1. The first kappa shape index (κ1) is 12.0. The fraction of sp³-hybridized carbons (Fsp3) is 0.444. The average Bonchev–Trinajstić information content (AvgIpc) is 2.66. The molecule has 0 aliphatic heterocycles. The summed E-state index contributed by atoms with van der Waals surface area (Å²) in [5, 5.41) is 13.4. The molecule has 0 aliphatic carbocycles. The van der Waals surface area contributed by atoms with Crippen LogP contribution < -0.4 is 10.6 Å². The number of carbonyl (C=O) groups excluding carboxylic acids is 1. The number of unbranched alkanes of at least 4 members (excludes halogenated alkanes) is 1. The number of amides is 2. The van der Waals surface area contributed by atoms with Crippen LogP contribution in [-0.4, -0.2) is 28.6 Å². The Morgan fingerprint density at radius 1 is 1.56 bits per heavy atom. The summed E-state index contributed by atoms with van der Waals surface area (Å²) in [4.78, 5) is 25.2. The van der Waals surface area contributed by atoms with Gasteiger partial charge in [-0.3, -0.25) is 5.32 Å².